The molecule has 2 rings (SSSR count). The van der Waals surface area contributed by atoms with Crippen LogP contribution in [0.3, 0.4) is 0 Å². The fourth-order valence-electron chi connectivity index (χ4n) is 1.74. The lowest BCUT2D eigenvalue weighted by Crippen LogP contribution is -2.22. The van der Waals surface area contributed by atoms with Crippen LogP contribution in [-0.2, 0) is 0 Å². The van der Waals surface area contributed by atoms with Crippen molar-refractivity contribution in [2.75, 3.05) is 6.61 Å². The minimum Gasteiger partial charge on any atom is -0.489 e. The predicted molar refractivity (Wildman–Crippen MR) is 76.9 cm³/mol. The second-order valence-electron chi connectivity index (χ2n) is 5.34. The van der Waals surface area contributed by atoms with E-state index in [2.05, 4.69) is 5.10 Å². The van der Waals surface area contributed by atoms with Crippen molar-refractivity contribution in [2.45, 2.75) is 25.9 Å². The summed E-state index contributed by atoms with van der Waals surface area (Å²) < 4.78 is 6.91. The van der Waals surface area contributed by atoms with Gasteiger partial charge in [-0.05, 0) is 26.0 Å². The van der Waals surface area contributed by atoms with Gasteiger partial charge in [0, 0.05) is 6.42 Å². The Morgan fingerprint density at radius 2 is 2.00 bits per heavy atom. The average Bonchev–Trinajstić information content (AvgIpc) is 2.83. The van der Waals surface area contributed by atoms with Crippen LogP contribution in [0.25, 0.3) is 5.69 Å². The number of carboxylic acids is 1. The highest BCUT2D eigenvalue weighted by Crippen LogP contribution is 2.21. The maximum Gasteiger partial charge on any atom is 0.360 e. The lowest BCUT2D eigenvalue weighted by atomic mass is 10.1. The first-order valence-corrected chi connectivity index (χ1v) is 6.60. The number of aromatic nitrogens is 2. The Morgan fingerprint density at radius 1 is 1.33 bits per heavy atom. The molecule has 0 bridgehead atoms. The molecular formula is C15H18N2O4. The van der Waals surface area contributed by atoms with Gasteiger partial charge in [-0.3, -0.25) is 0 Å². The van der Waals surface area contributed by atoms with Gasteiger partial charge in [0.1, 0.15) is 0 Å². The number of hydrogen-bond donors (Lipinski definition) is 2. The fourth-order valence-corrected chi connectivity index (χ4v) is 1.74. The van der Waals surface area contributed by atoms with Gasteiger partial charge < -0.3 is 14.9 Å². The first-order chi connectivity index (χ1) is 9.87. The van der Waals surface area contributed by atoms with Crippen molar-refractivity contribution >= 4 is 5.97 Å². The molecule has 0 aliphatic carbocycles. The van der Waals surface area contributed by atoms with E-state index in [9.17, 15) is 15.0 Å². The summed E-state index contributed by atoms with van der Waals surface area (Å²) in [6.45, 7) is 3.55. The molecule has 0 atom stereocenters. The summed E-state index contributed by atoms with van der Waals surface area (Å²) in [5.41, 5.74) is -0.259. The number of para-hydroxylation sites is 1. The van der Waals surface area contributed by atoms with Gasteiger partial charge in [-0.15, -0.1) is 0 Å². The molecule has 0 unspecified atom stereocenters. The van der Waals surface area contributed by atoms with Crippen LogP contribution in [0, 0.1) is 0 Å². The quantitative estimate of drug-likeness (QED) is 0.851. The van der Waals surface area contributed by atoms with Crippen LogP contribution in [0.15, 0.2) is 36.5 Å². The van der Waals surface area contributed by atoms with E-state index in [0.717, 1.165) is 5.69 Å². The lowest BCUT2D eigenvalue weighted by Gasteiger charge is -2.16. The highest BCUT2D eigenvalue weighted by Gasteiger charge is 2.19. The second kappa shape index (κ2) is 5.97. The summed E-state index contributed by atoms with van der Waals surface area (Å²) >= 11 is 0. The normalized spacial score (nSPS) is 11.4. The number of hydrogen-bond acceptors (Lipinski definition) is 4. The third-order valence-corrected chi connectivity index (χ3v) is 2.88. The van der Waals surface area contributed by atoms with E-state index in [0.29, 0.717) is 6.42 Å². The molecule has 6 heteroatoms. The Bertz CT molecular complexity index is 614. The van der Waals surface area contributed by atoms with Gasteiger partial charge in [0.2, 0.25) is 5.69 Å². The summed E-state index contributed by atoms with van der Waals surface area (Å²) in [5.74, 6) is -0.960. The number of nitrogens with zero attached hydrogens (tertiary/aromatic N) is 2. The van der Waals surface area contributed by atoms with Gasteiger partial charge in [0.05, 0.1) is 24.1 Å². The van der Waals surface area contributed by atoms with E-state index in [4.69, 9.17) is 4.74 Å². The van der Waals surface area contributed by atoms with E-state index in [1.54, 1.807) is 13.8 Å². The molecule has 1 aromatic heterocycles. The zero-order valence-electron chi connectivity index (χ0n) is 12.0. The summed E-state index contributed by atoms with van der Waals surface area (Å²) in [5, 5.41) is 22.8. The highest BCUT2D eigenvalue weighted by molar-refractivity contribution is 5.88. The van der Waals surface area contributed by atoms with Crippen molar-refractivity contribution in [3.05, 3.63) is 42.2 Å². The van der Waals surface area contributed by atoms with Crippen LogP contribution in [0.2, 0.25) is 0 Å². The zero-order valence-corrected chi connectivity index (χ0v) is 12.0. The lowest BCUT2D eigenvalue weighted by molar-refractivity contribution is 0.0548. The minimum absolute atomic E-state index is 0.144. The van der Waals surface area contributed by atoms with Crippen molar-refractivity contribution in [2.24, 2.45) is 0 Å². The zero-order chi connectivity index (χ0) is 15.5. The molecule has 0 saturated carbocycles. The van der Waals surface area contributed by atoms with Crippen molar-refractivity contribution < 1.29 is 19.7 Å². The number of benzene rings is 1. The summed E-state index contributed by atoms with van der Waals surface area (Å²) in [6, 6.07) is 9.18. The number of carboxylic acid groups (broad SMARTS) is 1. The van der Waals surface area contributed by atoms with E-state index >= 15 is 0 Å². The van der Waals surface area contributed by atoms with Crippen molar-refractivity contribution in [1.29, 1.82) is 0 Å². The minimum atomic E-state index is -1.15. The van der Waals surface area contributed by atoms with Crippen LogP contribution < -0.4 is 4.74 Å². The van der Waals surface area contributed by atoms with E-state index < -0.39 is 11.6 Å². The number of rotatable bonds is 6. The van der Waals surface area contributed by atoms with Gasteiger partial charge in [-0.2, -0.15) is 5.10 Å². The van der Waals surface area contributed by atoms with Gasteiger partial charge in [-0.1, -0.05) is 18.2 Å². The molecule has 1 heterocycles. The third-order valence-electron chi connectivity index (χ3n) is 2.88. The molecule has 2 N–H and O–H groups in total. The van der Waals surface area contributed by atoms with Crippen LogP contribution in [0.1, 0.15) is 30.8 Å². The number of carbonyl (C=O) groups is 1. The van der Waals surface area contributed by atoms with E-state index in [1.807, 2.05) is 30.3 Å². The van der Waals surface area contributed by atoms with Crippen molar-refractivity contribution in [3.8, 4) is 11.4 Å². The molecule has 0 spiro atoms. The van der Waals surface area contributed by atoms with E-state index in [1.165, 1.54) is 10.9 Å². The Kier molecular flexibility index (Phi) is 4.28. The smallest absolute Gasteiger partial charge is 0.360 e. The molecular weight excluding hydrogens is 272 g/mol. The maximum absolute atomic E-state index is 11.2. The molecule has 112 valence electrons. The Hall–Kier alpha value is -2.34. The molecule has 1 aromatic carbocycles. The molecule has 0 amide bonds. The standard InChI is InChI=1S/C15H18N2O4/c1-15(2,20)8-9-21-12-10-17(16-13(12)14(18)19)11-6-4-3-5-7-11/h3-7,10,20H,8-9H2,1-2H3,(H,18,19). The molecule has 0 aliphatic heterocycles. The topological polar surface area (TPSA) is 84.6 Å². The number of ether oxygens (including phenoxy) is 1. The summed E-state index contributed by atoms with van der Waals surface area (Å²) in [7, 11) is 0. The van der Waals surface area contributed by atoms with Gasteiger partial charge >= 0.3 is 5.97 Å². The maximum atomic E-state index is 11.2. The van der Waals surface area contributed by atoms with Crippen LogP contribution in [0.5, 0.6) is 5.75 Å². The van der Waals surface area contributed by atoms with Crippen molar-refractivity contribution in [1.82, 2.24) is 9.78 Å². The molecule has 0 radical (unpaired) electrons. The van der Waals surface area contributed by atoms with Crippen LogP contribution in [0.4, 0.5) is 0 Å². The monoisotopic (exact) mass is 290 g/mol. The Labute approximate surface area is 122 Å². The van der Waals surface area contributed by atoms with Crippen LogP contribution in [-0.4, -0.2) is 38.2 Å². The van der Waals surface area contributed by atoms with Gasteiger partial charge in [0.15, 0.2) is 5.75 Å². The second-order valence-corrected chi connectivity index (χ2v) is 5.34. The third kappa shape index (κ3) is 4.06. The summed E-state index contributed by atoms with van der Waals surface area (Å²) in [6.07, 6.45) is 1.92. The Morgan fingerprint density at radius 3 is 2.57 bits per heavy atom. The highest BCUT2D eigenvalue weighted by atomic mass is 16.5. The van der Waals surface area contributed by atoms with Gasteiger partial charge in [0.25, 0.3) is 0 Å². The first kappa shape index (κ1) is 15.1. The number of aromatic carboxylic acids is 1. The molecule has 0 saturated heterocycles. The van der Waals surface area contributed by atoms with Gasteiger partial charge in [-0.25, -0.2) is 9.48 Å². The molecule has 2 aromatic rings. The van der Waals surface area contributed by atoms with E-state index in [-0.39, 0.29) is 18.1 Å². The first-order valence-electron chi connectivity index (χ1n) is 6.60. The molecule has 6 nitrogen and oxygen atoms in total. The summed E-state index contributed by atoms with van der Waals surface area (Å²) in [4.78, 5) is 11.2. The number of aliphatic hydroxyl groups is 1. The SMILES string of the molecule is CC(C)(O)CCOc1cn(-c2ccccc2)nc1C(=O)O. The van der Waals surface area contributed by atoms with Crippen LogP contribution >= 0.6 is 0 Å². The molecule has 0 aliphatic rings. The largest absolute Gasteiger partial charge is 0.489 e. The predicted octanol–water partition coefficient (Wildman–Crippen LogP) is 2.11. The van der Waals surface area contributed by atoms with Crippen molar-refractivity contribution in [3.63, 3.8) is 0 Å². The fraction of sp³-hybridized carbons (Fsp3) is 0.333. The molecule has 0 fully saturated rings. The Balaban J connectivity index is 2.20. The average molecular weight is 290 g/mol. The molecule has 21 heavy (non-hydrogen) atoms.